The van der Waals surface area contributed by atoms with E-state index in [9.17, 15) is 4.79 Å². The van der Waals surface area contributed by atoms with E-state index in [4.69, 9.17) is 5.11 Å². The van der Waals surface area contributed by atoms with Crippen molar-refractivity contribution in [1.82, 2.24) is 24.8 Å². The molecule has 0 radical (unpaired) electrons. The average Bonchev–Trinajstić information content (AvgIpc) is 3.06. The second-order valence-electron chi connectivity index (χ2n) is 4.62. The molecular weight excluding hydrogens is 258 g/mol. The number of aromatic carboxylic acids is 1. The van der Waals surface area contributed by atoms with Gasteiger partial charge in [0.2, 0.25) is 0 Å². The molecule has 2 aromatic heterocycles. The molecule has 0 aliphatic carbocycles. The Balaban J connectivity index is 1.98. The minimum atomic E-state index is -0.959. The minimum absolute atomic E-state index is 0.0175. The van der Waals surface area contributed by atoms with Gasteiger partial charge in [-0.15, -0.1) is 5.10 Å². The molecule has 0 saturated carbocycles. The molecule has 7 nitrogen and oxygen atoms in total. The molecule has 0 aliphatic rings. The second kappa shape index (κ2) is 4.76. The van der Waals surface area contributed by atoms with E-state index in [0.717, 1.165) is 0 Å². The highest BCUT2D eigenvalue weighted by Gasteiger charge is 2.14. The van der Waals surface area contributed by atoms with Crippen LogP contribution in [0.5, 0.6) is 0 Å². The molecule has 3 rings (SSSR count). The van der Waals surface area contributed by atoms with Crippen molar-refractivity contribution < 1.29 is 9.90 Å². The molecule has 3 aromatic rings. The van der Waals surface area contributed by atoms with Gasteiger partial charge in [-0.25, -0.2) is 9.48 Å². The third-order valence-corrected chi connectivity index (χ3v) is 3.15. The fourth-order valence-corrected chi connectivity index (χ4v) is 2.15. The predicted octanol–water partition coefficient (Wildman–Crippen LogP) is 1.59. The number of aromatic nitrogens is 5. The van der Waals surface area contributed by atoms with E-state index in [1.807, 2.05) is 19.2 Å². The number of rotatable bonds is 4. The van der Waals surface area contributed by atoms with Crippen molar-refractivity contribution in [2.75, 3.05) is 0 Å². The van der Waals surface area contributed by atoms with E-state index in [1.165, 1.54) is 6.07 Å². The van der Waals surface area contributed by atoms with Crippen molar-refractivity contribution >= 4 is 17.0 Å². The van der Waals surface area contributed by atoms with Gasteiger partial charge in [-0.1, -0.05) is 5.21 Å². The average molecular weight is 271 g/mol. The summed E-state index contributed by atoms with van der Waals surface area (Å²) >= 11 is 0. The van der Waals surface area contributed by atoms with Gasteiger partial charge in [-0.05, 0) is 31.2 Å². The molecule has 1 aromatic carbocycles. The molecule has 102 valence electrons. The number of fused-ring (bicyclic) bond motifs is 1. The van der Waals surface area contributed by atoms with E-state index in [0.29, 0.717) is 17.6 Å². The predicted molar refractivity (Wildman–Crippen MR) is 71.4 cm³/mol. The fraction of sp³-hybridized carbons (Fsp3) is 0.231. The van der Waals surface area contributed by atoms with Crippen molar-refractivity contribution in [3.05, 3.63) is 42.2 Å². The summed E-state index contributed by atoms with van der Waals surface area (Å²) in [5.74, 6) is -0.959. The molecule has 0 spiro atoms. The second-order valence-corrected chi connectivity index (χ2v) is 4.62. The quantitative estimate of drug-likeness (QED) is 0.778. The van der Waals surface area contributed by atoms with Crippen LogP contribution in [0.15, 0.2) is 36.7 Å². The maximum absolute atomic E-state index is 11.0. The Morgan fingerprint density at radius 3 is 3.00 bits per heavy atom. The highest BCUT2D eigenvalue weighted by molar-refractivity contribution is 5.92. The maximum Gasteiger partial charge on any atom is 0.335 e. The van der Waals surface area contributed by atoms with Gasteiger partial charge in [0.05, 0.1) is 23.7 Å². The lowest BCUT2D eigenvalue weighted by atomic mass is 10.2. The molecule has 7 heteroatoms. The first-order chi connectivity index (χ1) is 9.65. The number of carboxylic acids is 1. The Hall–Kier alpha value is -2.70. The Bertz CT molecular complexity index is 747. The lowest BCUT2D eigenvalue weighted by molar-refractivity contribution is 0.0697. The van der Waals surface area contributed by atoms with Crippen LogP contribution in [0.25, 0.3) is 11.0 Å². The molecule has 2 heterocycles. The van der Waals surface area contributed by atoms with Crippen molar-refractivity contribution in [2.45, 2.75) is 19.5 Å². The van der Waals surface area contributed by atoms with Crippen molar-refractivity contribution in [3.8, 4) is 0 Å². The maximum atomic E-state index is 11.0. The first-order valence-corrected chi connectivity index (χ1v) is 6.21. The van der Waals surface area contributed by atoms with Crippen LogP contribution in [0.4, 0.5) is 0 Å². The summed E-state index contributed by atoms with van der Waals surface area (Å²) in [6.45, 7) is 2.63. The Kier molecular flexibility index (Phi) is 2.94. The Morgan fingerprint density at radius 2 is 2.30 bits per heavy atom. The number of nitrogens with zero attached hydrogens (tertiary/aromatic N) is 5. The molecule has 0 amide bonds. The van der Waals surface area contributed by atoms with Crippen LogP contribution >= 0.6 is 0 Å². The summed E-state index contributed by atoms with van der Waals surface area (Å²) in [5.41, 5.74) is 1.62. The third kappa shape index (κ3) is 2.13. The van der Waals surface area contributed by atoms with Gasteiger partial charge in [0.25, 0.3) is 0 Å². The van der Waals surface area contributed by atoms with Gasteiger partial charge < -0.3 is 5.11 Å². The standard InChI is InChI=1S/C13H13N5O2/c1-9(8-17-6-2-5-14-17)18-12-7-10(13(19)20)3-4-11(12)15-16-18/h2-7,9H,8H2,1H3,(H,19,20). The summed E-state index contributed by atoms with van der Waals surface area (Å²) in [6, 6.07) is 6.67. The molecular formula is C13H13N5O2. The fourth-order valence-electron chi connectivity index (χ4n) is 2.15. The Morgan fingerprint density at radius 1 is 1.45 bits per heavy atom. The zero-order valence-electron chi connectivity index (χ0n) is 10.8. The van der Waals surface area contributed by atoms with Crippen LogP contribution in [-0.4, -0.2) is 35.9 Å². The topological polar surface area (TPSA) is 85.8 Å². The lowest BCUT2D eigenvalue weighted by Crippen LogP contribution is -2.14. The highest BCUT2D eigenvalue weighted by Crippen LogP contribution is 2.18. The zero-order chi connectivity index (χ0) is 14.1. The lowest BCUT2D eigenvalue weighted by Gasteiger charge is -2.12. The van der Waals surface area contributed by atoms with Gasteiger partial charge in [0.15, 0.2) is 0 Å². The molecule has 1 unspecified atom stereocenters. The molecule has 0 bridgehead atoms. The van der Waals surface area contributed by atoms with E-state index in [1.54, 1.807) is 27.7 Å². The molecule has 0 aliphatic heterocycles. The number of benzene rings is 1. The van der Waals surface area contributed by atoms with Crippen molar-refractivity contribution in [2.24, 2.45) is 0 Å². The van der Waals surface area contributed by atoms with Gasteiger partial charge in [0, 0.05) is 12.4 Å². The Labute approximate surface area is 114 Å². The summed E-state index contributed by atoms with van der Waals surface area (Å²) in [5, 5.41) is 21.4. The van der Waals surface area contributed by atoms with Gasteiger partial charge in [0.1, 0.15) is 5.52 Å². The van der Waals surface area contributed by atoms with Gasteiger partial charge >= 0.3 is 5.97 Å². The summed E-state index contributed by atoms with van der Waals surface area (Å²) in [4.78, 5) is 11.0. The van der Waals surface area contributed by atoms with Gasteiger partial charge in [-0.2, -0.15) is 5.10 Å². The molecule has 0 fully saturated rings. The molecule has 20 heavy (non-hydrogen) atoms. The van der Waals surface area contributed by atoms with E-state index < -0.39 is 5.97 Å². The summed E-state index contributed by atoms with van der Waals surface area (Å²) in [7, 11) is 0. The van der Waals surface area contributed by atoms with Crippen LogP contribution in [0, 0.1) is 0 Å². The first kappa shape index (κ1) is 12.3. The molecule has 0 saturated heterocycles. The highest BCUT2D eigenvalue weighted by atomic mass is 16.4. The number of carboxylic acid groups (broad SMARTS) is 1. The van der Waals surface area contributed by atoms with E-state index in [-0.39, 0.29) is 11.6 Å². The zero-order valence-corrected chi connectivity index (χ0v) is 10.8. The summed E-state index contributed by atoms with van der Waals surface area (Å²) in [6.07, 6.45) is 3.59. The molecule has 1 atom stereocenters. The van der Waals surface area contributed by atoms with Crippen LogP contribution in [0.3, 0.4) is 0 Å². The smallest absolute Gasteiger partial charge is 0.335 e. The van der Waals surface area contributed by atoms with Crippen molar-refractivity contribution in [1.29, 1.82) is 0 Å². The van der Waals surface area contributed by atoms with Crippen LogP contribution in [0.2, 0.25) is 0 Å². The molecule has 1 N–H and O–H groups in total. The van der Waals surface area contributed by atoms with Crippen LogP contribution < -0.4 is 0 Å². The number of carbonyl (C=O) groups is 1. The number of hydrogen-bond acceptors (Lipinski definition) is 4. The first-order valence-electron chi connectivity index (χ1n) is 6.21. The third-order valence-electron chi connectivity index (χ3n) is 3.15. The van der Waals surface area contributed by atoms with E-state index >= 15 is 0 Å². The van der Waals surface area contributed by atoms with E-state index in [2.05, 4.69) is 15.4 Å². The van der Waals surface area contributed by atoms with Crippen molar-refractivity contribution in [3.63, 3.8) is 0 Å². The SMILES string of the molecule is CC(Cn1cccn1)n1nnc2ccc(C(=O)O)cc21. The number of hydrogen-bond donors (Lipinski definition) is 1. The van der Waals surface area contributed by atoms with Gasteiger partial charge in [-0.3, -0.25) is 4.68 Å². The minimum Gasteiger partial charge on any atom is -0.478 e. The largest absolute Gasteiger partial charge is 0.478 e. The normalized spacial score (nSPS) is 12.7. The van der Waals surface area contributed by atoms with Crippen LogP contribution in [0.1, 0.15) is 23.3 Å². The monoisotopic (exact) mass is 271 g/mol. The summed E-state index contributed by atoms with van der Waals surface area (Å²) < 4.78 is 3.53. The van der Waals surface area contributed by atoms with Crippen LogP contribution in [-0.2, 0) is 6.54 Å².